The minimum Gasteiger partial charge on any atom is -0.252 e. The van der Waals surface area contributed by atoms with Crippen molar-refractivity contribution in [1.29, 1.82) is 0 Å². The fourth-order valence-corrected chi connectivity index (χ4v) is 3.16. The third-order valence-electron chi connectivity index (χ3n) is 4.56. The second-order valence-electron chi connectivity index (χ2n) is 6.64. The average Bonchev–Trinajstić information content (AvgIpc) is 2.74. The van der Waals surface area contributed by atoms with Gasteiger partial charge in [0, 0.05) is 5.39 Å². The predicted molar refractivity (Wildman–Crippen MR) is 118 cm³/mol. The highest BCUT2D eigenvalue weighted by Gasteiger charge is 2.11. The maximum Gasteiger partial charge on any atom is 0.0928 e. The number of fused-ring (bicyclic) bond motifs is 1. The Kier molecular flexibility index (Phi) is 5.07. The first-order chi connectivity index (χ1) is 13.7. The Balaban J connectivity index is 1.84. The lowest BCUT2D eigenvalue weighted by atomic mass is 10.0. The van der Waals surface area contributed by atoms with E-state index < -0.39 is 0 Å². The predicted octanol–water partition coefficient (Wildman–Crippen LogP) is 6.52. The second kappa shape index (κ2) is 7.97. The first kappa shape index (κ1) is 17.8. The lowest BCUT2D eigenvalue weighted by Crippen LogP contribution is -2.06. The molecule has 0 aliphatic rings. The summed E-state index contributed by atoms with van der Waals surface area (Å²) in [5.74, 6) is 0. The molecule has 28 heavy (non-hydrogen) atoms. The van der Waals surface area contributed by atoms with E-state index in [1.807, 2.05) is 86.6 Å². The molecule has 3 heteroatoms. The molecule has 136 valence electrons. The normalized spacial score (nSPS) is 12.4. The molecule has 0 bridgehead atoms. The number of hydrogen-bond donors (Lipinski definition) is 0. The molecular formula is C25H21N3. The van der Waals surface area contributed by atoms with Crippen molar-refractivity contribution in [3.63, 3.8) is 0 Å². The smallest absolute Gasteiger partial charge is 0.0928 e. The number of para-hydroxylation sites is 2. The Hall–Kier alpha value is -3.59. The van der Waals surface area contributed by atoms with Crippen molar-refractivity contribution in [2.45, 2.75) is 13.8 Å². The Morgan fingerprint density at radius 1 is 0.643 bits per heavy atom. The van der Waals surface area contributed by atoms with E-state index in [0.29, 0.717) is 0 Å². The summed E-state index contributed by atoms with van der Waals surface area (Å²) in [6.45, 7) is 4.01. The molecular weight excluding hydrogens is 342 g/mol. The number of rotatable bonds is 4. The highest BCUT2D eigenvalue weighted by atomic mass is 14.8. The molecule has 0 unspecified atom stereocenters. The molecule has 0 spiro atoms. The molecule has 0 saturated heterocycles. The maximum atomic E-state index is 4.93. The third-order valence-corrected chi connectivity index (χ3v) is 4.56. The van der Waals surface area contributed by atoms with Gasteiger partial charge in [0.05, 0.1) is 34.2 Å². The van der Waals surface area contributed by atoms with E-state index in [0.717, 1.165) is 45.0 Å². The van der Waals surface area contributed by atoms with Crippen molar-refractivity contribution in [3.8, 4) is 0 Å². The van der Waals surface area contributed by atoms with Gasteiger partial charge in [0.15, 0.2) is 0 Å². The van der Waals surface area contributed by atoms with Crippen LogP contribution in [0.1, 0.15) is 25.2 Å². The molecule has 0 amide bonds. The van der Waals surface area contributed by atoms with Gasteiger partial charge in [-0.05, 0) is 49.6 Å². The fourth-order valence-electron chi connectivity index (χ4n) is 3.16. The van der Waals surface area contributed by atoms with E-state index in [9.17, 15) is 0 Å². The molecule has 1 aromatic heterocycles. The highest BCUT2D eigenvalue weighted by molar-refractivity contribution is 6.11. The quantitative estimate of drug-likeness (QED) is 0.380. The standard InChI is InChI=1S/C25H21N3/c1-18(26-21-12-5-3-6-13-21)24-17-20-11-9-10-16-23(20)25(28-24)19(2)27-22-14-7-4-8-15-22/h3-17H,1-2H3. The zero-order valence-corrected chi connectivity index (χ0v) is 16.0. The van der Waals surface area contributed by atoms with Crippen LogP contribution in [-0.2, 0) is 0 Å². The van der Waals surface area contributed by atoms with Crippen LogP contribution in [0.4, 0.5) is 11.4 Å². The molecule has 3 aromatic carbocycles. The Labute approximate surface area is 165 Å². The molecule has 4 aromatic rings. The van der Waals surface area contributed by atoms with Crippen LogP contribution in [0.25, 0.3) is 10.8 Å². The molecule has 0 fully saturated rings. The van der Waals surface area contributed by atoms with Crippen LogP contribution < -0.4 is 0 Å². The van der Waals surface area contributed by atoms with Gasteiger partial charge >= 0.3 is 0 Å². The number of nitrogens with zero attached hydrogens (tertiary/aromatic N) is 3. The van der Waals surface area contributed by atoms with E-state index in [4.69, 9.17) is 15.0 Å². The summed E-state index contributed by atoms with van der Waals surface area (Å²) in [7, 11) is 0. The van der Waals surface area contributed by atoms with E-state index in [1.165, 1.54) is 0 Å². The van der Waals surface area contributed by atoms with Crippen LogP contribution in [-0.4, -0.2) is 16.4 Å². The lowest BCUT2D eigenvalue weighted by Gasteiger charge is -2.10. The summed E-state index contributed by atoms with van der Waals surface area (Å²) in [5.41, 5.74) is 5.36. The fraction of sp³-hybridized carbons (Fsp3) is 0.0800. The molecule has 1 heterocycles. The zero-order chi connectivity index (χ0) is 19.3. The van der Waals surface area contributed by atoms with Crippen LogP contribution in [0.15, 0.2) is 101 Å². The van der Waals surface area contributed by atoms with E-state index in [1.54, 1.807) is 0 Å². The summed E-state index contributed by atoms with van der Waals surface area (Å²) in [5, 5.41) is 2.23. The Bertz CT molecular complexity index is 1160. The number of aromatic nitrogens is 1. The highest BCUT2D eigenvalue weighted by Crippen LogP contribution is 2.22. The summed E-state index contributed by atoms with van der Waals surface area (Å²) >= 11 is 0. The SMILES string of the molecule is CC(=Nc1ccccc1)c1cc2ccccc2c(C(C)=Nc2ccccc2)n1. The molecule has 0 atom stereocenters. The van der Waals surface area contributed by atoms with Gasteiger partial charge in [-0.3, -0.25) is 9.98 Å². The lowest BCUT2D eigenvalue weighted by molar-refractivity contribution is 1.26. The van der Waals surface area contributed by atoms with Crippen molar-refractivity contribution >= 4 is 33.6 Å². The van der Waals surface area contributed by atoms with Crippen LogP contribution in [0.5, 0.6) is 0 Å². The van der Waals surface area contributed by atoms with Crippen LogP contribution in [0, 0.1) is 0 Å². The van der Waals surface area contributed by atoms with Crippen LogP contribution in [0.3, 0.4) is 0 Å². The monoisotopic (exact) mass is 363 g/mol. The van der Waals surface area contributed by atoms with E-state index in [-0.39, 0.29) is 0 Å². The summed E-state index contributed by atoms with van der Waals surface area (Å²) < 4.78 is 0. The first-order valence-electron chi connectivity index (χ1n) is 9.32. The van der Waals surface area contributed by atoms with Crippen molar-refractivity contribution in [1.82, 2.24) is 4.98 Å². The molecule has 3 nitrogen and oxygen atoms in total. The van der Waals surface area contributed by atoms with Gasteiger partial charge in [-0.15, -0.1) is 0 Å². The second-order valence-corrected chi connectivity index (χ2v) is 6.64. The zero-order valence-electron chi connectivity index (χ0n) is 16.0. The topological polar surface area (TPSA) is 37.6 Å². The van der Waals surface area contributed by atoms with E-state index >= 15 is 0 Å². The number of benzene rings is 3. The van der Waals surface area contributed by atoms with Crippen molar-refractivity contribution in [2.24, 2.45) is 9.98 Å². The Morgan fingerprint density at radius 2 is 1.18 bits per heavy atom. The van der Waals surface area contributed by atoms with Gasteiger partial charge in [-0.25, -0.2) is 4.98 Å². The number of hydrogen-bond acceptors (Lipinski definition) is 3. The maximum absolute atomic E-state index is 4.93. The average molecular weight is 363 g/mol. The molecule has 0 radical (unpaired) electrons. The van der Waals surface area contributed by atoms with Crippen LogP contribution in [0.2, 0.25) is 0 Å². The molecule has 0 N–H and O–H groups in total. The Morgan fingerprint density at radius 3 is 1.82 bits per heavy atom. The first-order valence-corrected chi connectivity index (χ1v) is 9.32. The largest absolute Gasteiger partial charge is 0.252 e. The van der Waals surface area contributed by atoms with Crippen molar-refractivity contribution < 1.29 is 0 Å². The molecule has 4 rings (SSSR count). The minimum atomic E-state index is 0.861. The molecule has 0 aliphatic carbocycles. The van der Waals surface area contributed by atoms with Gasteiger partial charge in [-0.1, -0.05) is 60.7 Å². The third kappa shape index (κ3) is 3.89. The van der Waals surface area contributed by atoms with Crippen molar-refractivity contribution in [2.75, 3.05) is 0 Å². The van der Waals surface area contributed by atoms with Gasteiger partial charge in [0.1, 0.15) is 0 Å². The van der Waals surface area contributed by atoms with Gasteiger partial charge in [0.2, 0.25) is 0 Å². The summed E-state index contributed by atoms with van der Waals surface area (Å²) in [6.07, 6.45) is 0. The van der Waals surface area contributed by atoms with Gasteiger partial charge in [-0.2, -0.15) is 0 Å². The number of pyridine rings is 1. The molecule has 0 aliphatic heterocycles. The summed E-state index contributed by atoms with van der Waals surface area (Å²) in [4.78, 5) is 14.4. The van der Waals surface area contributed by atoms with Gasteiger partial charge < -0.3 is 0 Å². The molecule has 0 saturated carbocycles. The van der Waals surface area contributed by atoms with E-state index in [2.05, 4.69) is 18.2 Å². The minimum absolute atomic E-state index is 0.861. The van der Waals surface area contributed by atoms with Crippen molar-refractivity contribution in [3.05, 3.63) is 102 Å². The number of aliphatic imine (C=N–C) groups is 2. The van der Waals surface area contributed by atoms with Crippen LogP contribution >= 0.6 is 0 Å². The van der Waals surface area contributed by atoms with Gasteiger partial charge in [0.25, 0.3) is 0 Å². The summed E-state index contributed by atoms with van der Waals surface area (Å²) in [6, 6.07) is 30.3.